The molecule has 1 aromatic heterocycles. The fourth-order valence-electron chi connectivity index (χ4n) is 3.00. The first-order chi connectivity index (χ1) is 12.8. The van der Waals surface area contributed by atoms with Crippen LogP contribution >= 0.6 is 0 Å². The van der Waals surface area contributed by atoms with Gasteiger partial charge in [-0.3, -0.25) is 4.79 Å². The van der Waals surface area contributed by atoms with Crippen LogP contribution < -0.4 is 10.1 Å². The maximum Gasteiger partial charge on any atom is 0.387 e. The second-order valence-corrected chi connectivity index (χ2v) is 6.41. The summed E-state index contributed by atoms with van der Waals surface area (Å²) in [7, 11) is 0. The van der Waals surface area contributed by atoms with Crippen LogP contribution in [0.2, 0.25) is 0 Å². The van der Waals surface area contributed by atoms with Gasteiger partial charge in [-0.2, -0.15) is 8.78 Å². The van der Waals surface area contributed by atoms with Crippen molar-refractivity contribution < 1.29 is 27.8 Å². The summed E-state index contributed by atoms with van der Waals surface area (Å²) in [6, 6.07) is 7.67. The Hall–Kier alpha value is -2.90. The number of alkyl halides is 2. The minimum absolute atomic E-state index is 0.0135. The van der Waals surface area contributed by atoms with Crippen LogP contribution in [0.25, 0.3) is 0 Å². The molecule has 3 rings (SSSR count). The number of aryl methyl sites for hydroxylation is 1. The fraction of sp³-hybridized carbons (Fsp3) is 0.368. The highest BCUT2D eigenvalue weighted by atomic mass is 19.3. The third kappa shape index (κ3) is 4.64. The standard InChI is InChI=1S/C19H20F2N2O4/c1-11-9-16(12(2)23(11)14-5-6-14)18(25)26-10-17(24)22-13-3-7-15(8-4-13)27-19(20)21/h3-4,7-9,14,19H,5-6,10H2,1-2H3,(H,22,24). The van der Waals surface area contributed by atoms with Gasteiger partial charge in [0.05, 0.1) is 5.56 Å². The van der Waals surface area contributed by atoms with Gasteiger partial charge in [0.15, 0.2) is 6.61 Å². The summed E-state index contributed by atoms with van der Waals surface area (Å²) in [6.07, 6.45) is 2.21. The van der Waals surface area contributed by atoms with Crippen molar-refractivity contribution >= 4 is 17.6 Å². The van der Waals surface area contributed by atoms with E-state index in [1.165, 1.54) is 24.3 Å². The summed E-state index contributed by atoms with van der Waals surface area (Å²) in [5.41, 5.74) is 2.68. The van der Waals surface area contributed by atoms with Gasteiger partial charge in [0.1, 0.15) is 5.75 Å². The molecule has 27 heavy (non-hydrogen) atoms. The molecule has 0 aliphatic heterocycles. The van der Waals surface area contributed by atoms with E-state index in [-0.39, 0.29) is 5.75 Å². The van der Waals surface area contributed by atoms with Crippen molar-refractivity contribution in [2.45, 2.75) is 39.3 Å². The monoisotopic (exact) mass is 378 g/mol. The highest BCUT2D eigenvalue weighted by Crippen LogP contribution is 2.38. The number of nitrogens with one attached hydrogen (secondary N) is 1. The van der Waals surface area contributed by atoms with Gasteiger partial charge in [0.25, 0.3) is 5.91 Å². The van der Waals surface area contributed by atoms with E-state index in [0.29, 0.717) is 17.3 Å². The Morgan fingerprint density at radius 2 is 1.89 bits per heavy atom. The van der Waals surface area contributed by atoms with Crippen molar-refractivity contribution in [1.82, 2.24) is 4.57 Å². The number of halogens is 2. The van der Waals surface area contributed by atoms with Crippen LogP contribution in [0.5, 0.6) is 5.75 Å². The number of carbonyl (C=O) groups excluding carboxylic acids is 2. The largest absolute Gasteiger partial charge is 0.452 e. The molecule has 2 aromatic rings. The van der Waals surface area contributed by atoms with E-state index in [9.17, 15) is 18.4 Å². The number of ether oxygens (including phenoxy) is 2. The molecule has 0 atom stereocenters. The number of rotatable bonds is 7. The number of anilines is 1. The van der Waals surface area contributed by atoms with E-state index in [2.05, 4.69) is 14.6 Å². The third-order valence-electron chi connectivity index (χ3n) is 4.31. The molecule has 0 radical (unpaired) electrons. The number of aromatic nitrogens is 1. The Balaban J connectivity index is 1.53. The zero-order chi connectivity index (χ0) is 19.6. The van der Waals surface area contributed by atoms with Gasteiger partial charge < -0.3 is 19.4 Å². The highest BCUT2D eigenvalue weighted by Gasteiger charge is 2.28. The van der Waals surface area contributed by atoms with E-state index in [1.54, 1.807) is 6.07 Å². The van der Waals surface area contributed by atoms with Crippen LogP contribution in [0.3, 0.4) is 0 Å². The third-order valence-corrected chi connectivity index (χ3v) is 4.31. The molecule has 1 amide bonds. The second-order valence-electron chi connectivity index (χ2n) is 6.41. The molecule has 1 aliphatic rings. The molecular formula is C19H20F2N2O4. The number of esters is 1. The van der Waals surface area contributed by atoms with Crippen molar-refractivity contribution in [1.29, 1.82) is 0 Å². The fourth-order valence-corrected chi connectivity index (χ4v) is 3.00. The van der Waals surface area contributed by atoms with Gasteiger partial charge in [-0.15, -0.1) is 0 Å². The molecule has 6 nitrogen and oxygen atoms in total. The average molecular weight is 378 g/mol. The molecule has 0 bridgehead atoms. The van der Waals surface area contributed by atoms with E-state index in [1.807, 2.05) is 13.8 Å². The lowest BCUT2D eigenvalue weighted by Gasteiger charge is -2.09. The predicted molar refractivity (Wildman–Crippen MR) is 94.2 cm³/mol. The Morgan fingerprint density at radius 1 is 1.22 bits per heavy atom. The Labute approximate surface area is 155 Å². The Morgan fingerprint density at radius 3 is 2.48 bits per heavy atom. The van der Waals surface area contributed by atoms with Gasteiger partial charge in [0, 0.05) is 23.1 Å². The van der Waals surface area contributed by atoms with Crippen molar-refractivity contribution in [3.05, 3.63) is 47.3 Å². The van der Waals surface area contributed by atoms with E-state index in [0.717, 1.165) is 24.2 Å². The van der Waals surface area contributed by atoms with Gasteiger partial charge in [-0.1, -0.05) is 0 Å². The van der Waals surface area contributed by atoms with Gasteiger partial charge in [-0.05, 0) is 57.0 Å². The predicted octanol–water partition coefficient (Wildman–Crippen LogP) is 3.84. The molecule has 8 heteroatoms. The lowest BCUT2D eigenvalue weighted by molar-refractivity contribution is -0.119. The number of nitrogens with zero attached hydrogens (tertiary/aromatic N) is 1. The quantitative estimate of drug-likeness (QED) is 0.744. The van der Waals surface area contributed by atoms with Gasteiger partial charge in [0.2, 0.25) is 0 Å². The summed E-state index contributed by atoms with van der Waals surface area (Å²) < 4.78 is 35.7. The minimum Gasteiger partial charge on any atom is -0.452 e. The van der Waals surface area contributed by atoms with Crippen molar-refractivity contribution in [2.75, 3.05) is 11.9 Å². The Bertz CT molecular complexity index is 842. The lowest BCUT2D eigenvalue weighted by atomic mass is 10.2. The molecule has 1 heterocycles. The van der Waals surface area contributed by atoms with Crippen LogP contribution in [-0.4, -0.2) is 29.7 Å². The molecule has 0 saturated heterocycles. The summed E-state index contributed by atoms with van der Waals surface area (Å²) in [5, 5.41) is 2.52. The maximum absolute atomic E-state index is 12.3. The number of carbonyl (C=O) groups is 2. The maximum atomic E-state index is 12.3. The van der Waals surface area contributed by atoms with Crippen LogP contribution in [0.1, 0.15) is 40.6 Å². The van der Waals surface area contributed by atoms with Crippen molar-refractivity contribution in [2.24, 2.45) is 0 Å². The normalized spacial score (nSPS) is 13.5. The minimum atomic E-state index is -2.91. The SMILES string of the molecule is Cc1cc(C(=O)OCC(=O)Nc2ccc(OC(F)F)cc2)c(C)n1C1CC1. The van der Waals surface area contributed by atoms with Crippen LogP contribution in [0.15, 0.2) is 30.3 Å². The number of hydrogen-bond acceptors (Lipinski definition) is 4. The van der Waals surface area contributed by atoms with Crippen LogP contribution in [-0.2, 0) is 9.53 Å². The summed E-state index contributed by atoms with van der Waals surface area (Å²) in [4.78, 5) is 24.2. The summed E-state index contributed by atoms with van der Waals surface area (Å²) >= 11 is 0. The smallest absolute Gasteiger partial charge is 0.387 e. The van der Waals surface area contributed by atoms with Crippen molar-refractivity contribution in [3.63, 3.8) is 0 Å². The first-order valence-corrected chi connectivity index (χ1v) is 8.55. The van der Waals surface area contributed by atoms with Crippen LogP contribution in [0.4, 0.5) is 14.5 Å². The molecule has 144 valence electrons. The molecule has 0 unspecified atom stereocenters. The molecule has 1 N–H and O–H groups in total. The van der Waals surface area contributed by atoms with E-state index < -0.39 is 25.1 Å². The lowest BCUT2D eigenvalue weighted by Crippen LogP contribution is -2.21. The molecule has 1 saturated carbocycles. The van der Waals surface area contributed by atoms with E-state index in [4.69, 9.17) is 4.74 Å². The second kappa shape index (κ2) is 7.77. The molecule has 1 aromatic carbocycles. The molecule has 0 spiro atoms. The van der Waals surface area contributed by atoms with Crippen LogP contribution in [0, 0.1) is 13.8 Å². The molecule has 1 fully saturated rings. The number of amides is 1. The zero-order valence-electron chi connectivity index (χ0n) is 15.0. The van der Waals surface area contributed by atoms with Gasteiger partial charge in [-0.25, -0.2) is 4.79 Å². The number of hydrogen-bond donors (Lipinski definition) is 1. The van der Waals surface area contributed by atoms with E-state index >= 15 is 0 Å². The Kier molecular flexibility index (Phi) is 5.43. The highest BCUT2D eigenvalue weighted by molar-refractivity contribution is 5.96. The zero-order valence-corrected chi connectivity index (χ0v) is 15.0. The average Bonchev–Trinajstić information content (AvgIpc) is 3.39. The molecule has 1 aliphatic carbocycles. The first kappa shape index (κ1) is 18.9. The van der Waals surface area contributed by atoms with Crippen molar-refractivity contribution in [3.8, 4) is 5.75 Å². The molecular weight excluding hydrogens is 358 g/mol. The summed E-state index contributed by atoms with van der Waals surface area (Å²) in [6.45, 7) is 0.453. The first-order valence-electron chi connectivity index (χ1n) is 8.55. The number of benzene rings is 1. The summed E-state index contributed by atoms with van der Waals surface area (Å²) in [5.74, 6) is -1.09. The van der Waals surface area contributed by atoms with Gasteiger partial charge >= 0.3 is 12.6 Å². The topological polar surface area (TPSA) is 69.6 Å².